The Balaban J connectivity index is 0. The maximum atomic E-state index is 0. The summed E-state index contributed by atoms with van der Waals surface area (Å²) in [6, 6.07) is 0. The van der Waals surface area contributed by atoms with Crippen molar-refractivity contribution in [3.05, 3.63) is 0 Å². The molecule has 0 saturated heterocycles. The van der Waals surface area contributed by atoms with Crippen molar-refractivity contribution in [3.63, 3.8) is 0 Å². The smallest absolute Gasteiger partial charge is 0 e. The summed E-state index contributed by atoms with van der Waals surface area (Å²) >= 11 is 0. The van der Waals surface area contributed by atoms with Gasteiger partial charge in [0, 0.05) is 51.4 Å². The Morgan fingerprint density at radius 3 is 0.750 bits per heavy atom. The van der Waals surface area contributed by atoms with Gasteiger partial charge in [-0.05, 0) is 0 Å². The number of hydrogen-bond acceptors (Lipinski definition) is 2. The molecule has 0 aliphatic rings. The third-order valence-electron chi connectivity index (χ3n) is 0. The zero-order valence-electron chi connectivity index (χ0n) is 3.12. The first-order chi connectivity index (χ1) is 0. The van der Waals surface area contributed by atoms with E-state index in [1.165, 1.54) is 0 Å². The normalized spacial score (nSPS) is 0. The molecule has 0 rings (SSSR count). The van der Waals surface area contributed by atoms with E-state index in [1.54, 1.807) is 0 Å². The molecule has 0 saturated carbocycles. The van der Waals surface area contributed by atoms with Crippen LogP contribution < -0.4 is 12.3 Å². The van der Waals surface area contributed by atoms with Gasteiger partial charge in [0.2, 0.25) is 0 Å². The molecule has 0 fully saturated rings. The first-order valence-electron chi connectivity index (χ1n) is 0. The summed E-state index contributed by atoms with van der Waals surface area (Å²) in [4.78, 5) is 0. The van der Waals surface area contributed by atoms with E-state index >= 15 is 0 Å². The van der Waals surface area contributed by atoms with Crippen molar-refractivity contribution >= 4 is 61.3 Å². The zero-order chi connectivity index (χ0) is 0. The van der Waals surface area contributed by atoms with E-state index in [4.69, 9.17) is 0 Å². The van der Waals surface area contributed by atoms with Gasteiger partial charge in [-0.2, -0.15) is 9.90 Å². The second-order valence-electron chi connectivity index (χ2n) is 0. The van der Waals surface area contributed by atoms with Crippen LogP contribution in [0.3, 0.4) is 0 Å². The molecule has 4 heavy (non-hydrogen) atoms. The fraction of sp³-hybridized carbons (Fsp3) is 0. The maximum absolute atomic E-state index is 0. The molecule has 0 aromatic heterocycles. The minimum Gasteiger partial charge on any atom is -0.344 e. The van der Waals surface area contributed by atoms with Crippen molar-refractivity contribution in [1.82, 2.24) is 12.3 Å². The molecule has 0 aromatic rings. The van der Waals surface area contributed by atoms with E-state index in [0.717, 1.165) is 0 Å². The van der Waals surface area contributed by atoms with Gasteiger partial charge in [0.05, 0.1) is 0 Å². The third kappa shape index (κ3) is 9.01. The van der Waals surface area contributed by atoms with Crippen molar-refractivity contribution in [1.29, 1.82) is 0 Å². The molecule has 1 unspecified atom stereocenters. The van der Waals surface area contributed by atoms with Crippen molar-refractivity contribution in [2.24, 2.45) is 0 Å². The Hall–Kier alpha value is 1.99. The Morgan fingerprint density at radius 2 is 0.750 bits per heavy atom. The Morgan fingerprint density at radius 1 is 0.750 bits per heavy atom. The van der Waals surface area contributed by atoms with Crippen LogP contribution in [0.25, 0.3) is 0 Å². The number of rotatable bonds is 0. The van der Waals surface area contributed by atoms with E-state index in [1.807, 2.05) is 0 Å². The monoisotopic (exact) mass is 107 g/mol. The molecule has 25 valence electrons. The molecule has 1 atom stereocenters. The summed E-state index contributed by atoms with van der Waals surface area (Å²) in [6.45, 7) is 0. The Bertz CT molecular complexity index is 6.00. The van der Waals surface area contributed by atoms with Crippen molar-refractivity contribution < 1.29 is 0 Å². The molecule has 0 aliphatic heterocycles. The van der Waals surface area contributed by atoms with Crippen LogP contribution in [-0.2, 0) is 0 Å². The van der Waals surface area contributed by atoms with E-state index < -0.39 is 0 Å². The van der Waals surface area contributed by atoms with Crippen molar-refractivity contribution in [3.8, 4) is 0 Å². The summed E-state index contributed by atoms with van der Waals surface area (Å²) < 4.78 is 0. The van der Waals surface area contributed by atoms with Crippen molar-refractivity contribution in [2.75, 3.05) is 0 Å². The molecule has 0 spiro atoms. The SMILES string of the molecule is N.N.P.[K]. The van der Waals surface area contributed by atoms with Crippen molar-refractivity contribution in [2.45, 2.75) is 0 Å². The fourth-order valence-electron chi connectivity index (χ4n) is 0. The molecule has 4 heteroatoms. The Labute approximate surface area is 72.3 Å². The van der Waals surface area contributed by atoms with Crippen LogP contribution >= 0.6 is 9.90 Å². The number of hydrogen-bond donors (Lipinski definition) is 2. The average Bonchev–Trinajstić information content (AvgIpc) is 0. The van der Waals surface area contributed by atoms with Gasteiger partial charge >= 0.3 is 0 Å². The molecule has 2 nitrogen and oxygen atoms in total. The van der Waals surface area contributed by atoms with E-state index in [0.29, 0.717) is 0 Å². The standard InChI is InChI=1S/K.2H3N.H3P/h;3*1H3. The van der Waals surface area contributed by atoms with Gasteiger partial charge in [0.15, 0.2) is 0 Å². The van der Waals surface area contributed by atoms with Crippen LogP contribution in [0, 0.1) is 0 Å². The van der Waals surface area contributed by atoms with E-state index in [9.17, 15) is 0 Å². The van der Waals surface area contributed by atoms with E-state index in [-0.39, 0.29) is 73.6 Å². The molecular formula is H9KN2P. The first kappa shape index (κ1) is 37.7. The molecular weight excluding hydrogens is 98.1 g/mol. The van der Waals surface area contributed by atoms with Crippen LogP contribution in [0.2, 0.25) is 0 Å². The van der Waals surface area contributed by atoms with Gasteiger partial charge in [-0.1, -0.05) is 0 Å². The second-order valence-corrected chi connectivity index (χ2v) is 0. The van der Waals surface area contributed by atoms with Crippen LogP contribution in [-0.4, -0.2) is 51.4 Å². The predicted molar refractivity (Wildman–Crippen MR) is 26.9 cm³/mol. The molecule has 0 amide bonds. The predicted octanol–water partition coefficient (Wildman–Crippen LogP) is 0.00130. The van der Waals surface area contributed by atoms with Gasteiger partial charge in [0.1, 0.15) is 0 Å². The van der Waals surface area contributed by atoms with E-state index in [2.05, 4.69) is 0 Å². The van der Waals surface area contributed by atoms with Crippen LogP contribution in [0.4, 0.5) is 0 Å². The zero-order valence-corrected chi connectivity index (χ0v) is 7.66. The summed E-state index contributed by atoms with van der Waals surface area (Å²) in [5.74, 6) is 0. The van der Waals surface area contributed by atoms with Gasteiger partial charge in [-0.3, -0.25) is 0 Å². The first-order valence-corrected chi connectivity index (χ1v) is 0. The maximum Gasteiger partial charge on any atom is 0 e. The van der Waals surface area contributed by atoms with Crippen LogP contribution in [0.15, 0.2) is 0 Å². The third-order valence-corrected chi connectivity index (χ3v) is 0. The minimum absolute atomic E-state index is 0. The summed E-state index contributed by atoms with van der Waals surface area (Å²) in [5, 5.41) is 0. The quantitative estimate of drug-likeness (QED) is 0.338. The largest absolute Gasteiger partial charge is 0.344 e. The Kier molecular flexibility index (Phi) is 189. The van der Waals surface area contributed by atoms with Gasteiger partial charge in [0.25, 0.3) is 0 Å². The fourth-order valence-corrected chi connectivity index (χ4v) is 0. The average molecular weight is 107 g/mol. The van der Waals surface area contributed by atoms with Gasteiger partial charge < -0.3 is 12.3 Å². The minimum atomic E-state index is 0. The summed E-state index contributed by atoms with van der Waals surface area (Å²) in [5.41, 5.74) is 0. The van der Waals surface area contributed by atoms with Crippen LogP contribution in [0.1, 0.15) is 0 Å². The second kappa shape index (κ2) is 20.1. The molecule has 6 N–H and O–H groups in total. The molecule has 0 aromatic carbocycles. The summed E-state index contributed by atoms with van der Waals surface area (Å²) in [7, 11) is 0. The van der Waals surface area contributed by atoms with Gasteiger partial charge in [-0.25, -0.2) is 0 Å². The topological polar surface area (TPSA) is 70.0 Å². The molecule has 0 bridgehead atoms. The molecule has 1 radical (unpaired) electrons. The molecule has 0 aliphatic carbocycles. The van der Waals surface area contributed by atoms with Crippen LogP contribution in [0.5, 0.6) is 0 Å². The summed E-state index contributed by atoms with van der Waals surface area (Å²) in [6.07, 6.45) is 0. The van der Waals surface area contributed by atoms with Gasteiger partial charge in [-0.15, -0.1) is 0 Å². The molecule has 0 heterocycles.